The van der Waals surface area contributed by atoms with E-state index in [1.165, 1.54) is 0 Å². The lowest BCUT2D eigenvalue weighted by Crippen LogP contribution is -2.47. The molecule has 0 aromatic carbocycles. The van der Waals surface area contributed by atoms with Gasteiger partial charge in [0.05, 0.1) is 0 Å². The van der Waals surface area contributed by atoms with Gasteiger partial charge in [0.15, 0.2) is 5.78 Å². The molecule has 3 nitrogen and oxygen atoms in total. The maximum Gasteiger partial charge on any atom is 0.233 e. The van der Waals surface area contributed by atoms with Crippen LogP contribution < -0.4 is 5.32 Å². The van der Waals surface area contributed by atoms with Crippen LogP contribution >= 0.6 is 0 Å². The third-order valence-electron chi connectivity index (χ3n) is 4.40. The molecule has 3 heteroatoms. The Hall–Kier alpha value is -1.12. The van der Waals surface area contributed by atoms with Crippen LogP contribution in [0.25, 0.3) is 0 Å². The third-order valence-corrected chi connectivity index (χ3v) is 4.40. The van der Waals surface area contributed by atoms with E-state index in [4.69, 9.17) is 0 Å². The highest BCUT2D eigenvalue weighted by Gasteiger charge is 2.64. The van der Waals surface area contributed by atoms with Crippen LogP contribution in [0.2, 0.25) is 0 Å². The zero-order valence-corrected chi connectivity index (χ0v) is 10.0. The minimum absolute atomic E-state index is 0.0922. The first kappa shape index (κ1) is 11.4. The van der Waals surface area contributed by atoms with Gasteiger partial charge in [0.25, 0.3) is 0 Å². The third kappa shape index (κ3) is 1.27. The summed E-state index contributed by atoms with van der Waals surface area (Å²) in [4.78, 5) is 24.4. The van der Waals surface area contributed by atoms with Crippen molar-refractivity contribution in [3.05, 3.63) is 12.7 Å². The molecule has 0 spiro atoms. The molecule has 0 saturated heterocycles. The molecule has 2 bridgehead atoms. The molecule has 2 aliphatic carbocycles. The maximum absolute atomic E-state index is 12.3. The summed E-state index contributed by atoms with van der Waals surface area (Å²) in [6.45, 7) is 7.96. The summed E-state index contributed by atoms with van der Waals surface area (Å²) in [6.07, 6.45) is 4.11. The number of amides is 1. The normalized spacial score (nSPS) is 35.1. The van der Waals surface area contributed by atoms with Gasteiger partial charge in [-0.1, -0.05) is 19.9 Å². The van der Waals surface area contributed by atoms with E-state index in [0.29, 0.717) is 12.5 Å². The van der Waals surface area contributed by atoms with Gasteiger partial charge in [-0.2, -0.15) is 0 Å². The van der Waals surface area contributed by atoms with Crippen molar-refractivity contribution in [2.45, 2.75) is 33.1 Å². The van der Waals surface area contributed by atoms with E-state index in [2.05, 4.69) is 11.9 Å². The Morgan fingerprint density at radius 1 is 1.62 bits per heavy atom. The van der Waals surface area contributed by atoms with E-state index in [1.54, 1.807) is 6.08 Å². The van der Waals surface area contributed by atoms with Gasteiger partial charge in [-0.15, -0.1) is 6.58 Å². The van der Waals surface area contributed by atoms with E-state index in [0.717, 1.165) is 19.3 Å². The molecule has 16 heavy (non-hydrogen) atoms. The number of hydrogen-bond acceptors (Lipinski definition) is 2. The van der Waals surface area contributed by atoms with Crippen molar-refractivity contribution in [3.8, 4) is 0 Å². The van der Waals surface area contributed by atoms with Crippen molar-refractivity contribution in [1.29, 1.82) is 0 Å². The average molecular weight is 221 g/mol. The minimum atomic E-state index is -0.725. The monoisotopic (exact) mass is 221 g/mol. The Kier molecular flexibility index (Phi) is 2.44. The van der Waals surface area contributed by atoms with Crippen molar-refractivity contribution in [1.82, 2.24) is 5.32 Å². The summed E-state index contributed by atoms with van der Waals surface area (Å²) in [5, 5.41) is 2.78. The summed E-state index contributed by atoms with van der Waals surface area (Å²) in [5.41, 5.74) is -1.04. The number of carbonyl (C=O) groups is 2. The predicted octanol–water partition coefficient (Wildman–Crippen LogP) is 1.68. The summed E-state index contributed by atoms with van der Waals surface area (Å²) in [7, 11) is 0. The van der Waals surface area contributed by atoms with Crippen molar-refractivity contribution < 1.29 is 9.59 Å². The van der Waals surface area contributed by atoms with Crippen molar-refractivity contribution >= 4 is 11.7 Å². The molecular formula is C13H19NO2. The first-order valence-corrected chi connectivity index (χ1v) is 5.89. The molecule has 2 unspecified atom stereocenters. The second-order valence-corrected chi connectivity index (χ2v) is 5.57. The number of Topliss-reactive ketones (excluding diaryl/α,β-unsaturated/α-hetero) is 1. The van der Waals surface area contributed by atoms with Gasteiger partial charge in [-0.05, 0) is 25.2 Å². The van der Waals surface area contributed by atoms with Crippen LogP contribution in [0.3, 0.4) is 0 Å². The van der Waals surface area contributed by atoms with E-state index in [9.17, 15) is 9.59 Å². The quantitative estimate of drug-likeness (QED) is 0.582. The number of ketones is 1. The maximum atomic E-state index is 12.3. The fraction of sp³-hybridized carbons (Fsp3) is 0.692. The molecule has 1 N–H and O–H groups in total. The van der Waals surface area contributed by atoms with Gasteiger partial charge in [0, 0.05) is 12.0 Å². The van der Waals surface area contributed by atoms with Gasteiger partial charge in [0.1, 0.15) is 5.41 Å². The predicted molar refractivity (Wildman–Crippen MR) is 61.8 cm³/mol. The zero-order chi connectivity index (χ0) is 12.0. The Morgan fingerprint density at radius 3 is 2.81 bits per heavy atom. The SMILES string of the molecule is C=CCNC(=O)C12CCC(C1)C(C)(C)C2=O. The topological polar surface area (TPSA) is 46.2 Å². The highest BCUT2D eigenvalue weighted by molar-refractivity contribution is 6.10. The van der Waals surface area contributed by atoms with Crippen molar-refractivity contribution in [3.63, 3.8) is 0 Å². The molecule has 0 radical (unpaired) electrons. The number of carbonyl (C=O) groups excluding carboxylic acids is 2. The molecule has 1 amide bonds. The van der Waals surface area contributed by atoms with Crippen LogP contribution in [-0.2, 0) is 9.59 Å². The Morgan fingerprint density at radius 2 is 2.31 bits per heavy atom. The van der Waals surface area contributed by atoms with E-state index < -0.39 is 5.41 Å². The van der Waals surface area contributed by atoms with Crippen molar-refractivity contribution in [2.75, 3.05) is 6.54 Å². The molecule has 2 aliphatic rings. The number of nitrogens with one attached hydrogen (secondary N) is 1. The highest BCUT2D eigenvalue weighted by Crippen LogP contribution is 2.60. The van der Waals surface area contributed by atoms with Gasteiger partial charge < -0.3 is 5.32 Å². The molecule has 0 heterocycles. The van der Waals surface area contributed by atoms with Gasteiger partial charge >= 0.3 is 0 Å². The molecule has 2 atom stereocenters. The van der Waals surface area contributed by atoms with Crippen LogP contribution in [0.15, 0.2) is 12.7 Å². The lowest BCUT2D eigenvalue weighted by Gasteiger charge is -2.32. The Labute approximate surface area is 96.3 Å². The summed E-state index contributed by atoms with van der Waals surface area (Å²) in [6, 6.07) is 0. The molecule has 2 rings (SSSR count). The standard InChI is InChI=1S/C13H19NO2/c1-4-7-14-11(16)13-6-5-9(8-13)12(2,3)10(13)15/h4,9H,1,5-8H2,2-3H3,(H,14,16). The summed E-state index contributed by atoms with van der Waals surface area (Å²) >= 11 is 0. The highest BCUT2D eigenvalue weighted by atomic mass is 16.2. The lowest BCUT2D eigenvalue weighted by molar-refractivity contribution is -0.145. The van der Waals surface area contributed by atoms with Gasteiger partial charge in [0.2, 0.25) is 5.91 Å². The summed E-state index contributed by atoms with van der Waals surface area (Å²) in [5.74, 6) is 0.428. The first-order valence-electron chi connectivity index (χ1n) is 5.89. The molecular weight excluding hydrogens is 202 g/mol. The fourth-order valence-corrected chi connectivity index (χ4v) is 3.31. The van der Waals surface area contributed by atoms with Gasteiger partial charge in [-0.25, -0.2) is 0 Å². The van der Waals surface area contributed by atoms with Gasteiger partial charge in [-0.3, -0.25) is 9.59 Å². The number of fused-ring (bicyclic) bond motifs is 2. The molecule has 2 fully saturated rings. The second-order valence-electron chi connectivity index (χ2n) is 5.57. The molecule has 2 saturated carbocycles. The molecule has 0 aromatic rings. The Balaban J connectivity index is 2.23. The first-order chi connectivity index (χ1) is 7.45. The smallest absolute Gasteiger partial charge is 0.233 e. The number of hydrogen-bond donors (Lipinski definition) is 1. The second kappa shape index (κ2) is 3.44. The van der Waals surface area contributed by atoms with Crippen molar-refractivity contribution in [2.24, 2.45) is 16.7 Å². The average Bonchev–Trinajstić information content (AvgIpc) is 2.76. The number of rotatable bonds is 3. The van der Waals surface area contributed by atoms with Crippen LogP contribution in [0, 0.1) is 16.7 Å². The molecule has 88 valence electrons. The molecule has 0 aliphatic heterocycles. The molecule has 0 aromatic heterocycles. The minimum Gasteiger partial charge on any atom is -0.352 e. The summed E-state index contributed by atoms with van der Waals surface area (Å²) < 4.78 is 0. The Bertz CT molecular complexity index is 359. The van der Waals surface area contributed by atoms with Crippen LogP contribution in [-0.4, -0.2) is 18.2 Å². The fourth-order valence-electron chi connectivity index (χ4n) is 3.31. The van der Waals surface area contributed by atoms with Crippen LogP contribution in [0.5, 0.6) is 0 Å². The van der Waals surface area contributed by atoms with E-state index >= 15 is 0 Å². The van der Waals surface area contributed by atoms with Crippen LogP contribution in [0.1, 0.15) is 33.1 Å². The lowest BCUT2D eigenvalue weighted by atomic mass is 9.70. The van der Waals surface area contributed by atoms with Crippen LogP contribution in [0.4, 0.5) is 0 Å². The van der Waals surface area contributed by atoms with E-state index in [1.807, 2.05) is 13.8 Å². The zero-order valence-electron chi connectivity index (χ0n) is 10.0. The largest absolute Gasteiger partial charge is 0.352 e. The van der Waals surface area contributed by atoms with E-state index in [-0.39, 0.29) is 17.1 Å².